The molecular formula is C10H9F4N3OS. The number of fused-ring (bicyclic) bond motifs is 1. The van der Waals surface area contributed by atoms with Crippen LogP contribution in [0.2, 0.25) is 0 Å². The first-order valence-electron chi connectivity index (χ1n) is 5.12. The molecule has 0 atom stereocenters. The lowest BCUT2D eigenvalue weighted by atomic mass is 10.3. The maximum atomic E-state index is 12.8. The van der Waals surface area contributed by atoms with Crippen molar-refractivity contribution in [1.29, 1.82) is 0 Å². The third-order valence-electron chi connectivity index (χ3n) is 2.22. The largest absolute Gasteiger partial charge is 0.470 e. The van der Waals surface area contributed by atoms with Crippen LogP contribution in [0.5, 0.6) is 5.88 Å². The average Bonchev–Trinajstić information content (AvgIpc) is 2.66. The van der Waals surface area contributed by atoms with Gasteiger partial charge in [-0.25, -0.2) is 13.8 Å². The lowest BCUT2D eigenvalue weighted by Crippen LogP contribution is -2.34. The molecule has 9 heteroatoms. The van der Waals surface area contributed by atoms with Gasteiger partial charge < -0.3 is 10.5 Å². The van der Waals surface area contributed by atoms with Gasteiger partial charge in [-0.15, -0.1) is 11.3 Å². The molecule has 19 heavy (non-hydrogen) atoms. The van der Waals surface area contributed by atoms with Gasteiger partial charge in [-0.05, 0) is 13.0 Å². The summed E-state index contributed by atoms with van der Waals surface area (Å²) in [5.41, 5.74) is 5.40. The molecule has 2 N–H and O–H groups in total. The van der Waals surface area contributed by atoms with Crippen LogP contribution in [-0.4, -0.2) is 28.9 Å². The van der Waals surface area contributed by atoms with Crippen molar-refractivity contribution in [3.8, 4) is 5.88 Å². The van der Waals surface area contributed by atoms with Crippen molar-refractivity contribution in [2.75, 3.05) is 12.3 Å². The fraction of sp³-hybridized carbons (Fsp3) is 0.400. The maximum absolute atomic E-state index is 12.8. The lowest BCUT2D eigenvalue weighted by molar-refractivity contribution is -0.148. The van der Waals surface area contributed by atoms with E-state index >= 15 is 0 Å². The van der Waals surface area contributed by atoms with Crippen LogP contribution in [0.3, 0.4) is 0 Å². The number of nitrogens with two attached hydrogens (primary N) is 1. The Morgan fingerprint density at radius 1 is 1.42 bits per heavy atom. The van der Waals surface area contributed by atoms with Crippen molar-refractivity contribution in [2.45, 2.75) is 19.3 Å². The van der Waals surface area contributed by atoms with Crippen molar-refractivity contribution in [2.24, 2.45) is 0 Å². The van der Waals surface area contributed by atoms with Crippen LogP contribution < -0.4 is 10.5 Å². The minimum atomic E-state index is -4.24. The van der Waals surface area contributed by atoms with E-state index in [1.54, 1.807) is 13.0 Å². The highest BCUT2D eigenvalue weighted by atomic mass is 32.1. The Morgan fingerprint density at radius 2 is 2.11 bits per heavy atom. The van der Waals surface area contributed by atoms with Crippen LogP contribution in [0.1, 0.15) is 4.88 Å². The van der Waals surface area contributed by atoms with Crippen LogP contribution in [0, 0.1) is 6.92 Å². The lowest BCUT2D eigenvalue weighted by Gasteiger charge is -2.15. The molecule has 0 amide bonds. The molecule has 2 rings (SSSR count). The number of hydrogen-bond donors (Lipinski definition) is 1. The molecule has 104 valence electrons. The summed E-state index contributed by atoms with van der Waals surface area (Å²) in [4.78, 5) is 8.86. The quantitative estimate of drug-likeness (QED) is 0.881. The van der Waals surface area contributed by atoms with Crippen LogP contribution in [0.15, 0.2) is 6.07 Å². The van der Waals surface area contributed by atoms with Crippen molar-refractivity contribution in [3.05, 3.63) is 10.9 Å². The zero-order chi connectivity index (χ0) is 14.2. The molecule has 0 aliphatic rings. The van der Waals surface area contributed by atoms with Gasteiger partial charge in [0.1, 0.15) is 4.83 Å². The van der Waals surface area contributed by atoms with E-state index in [9.17, 15) is 17.6 Å². The summed E-state index contributed by atoms with van der Waals surface area (Å²) in [6, 6.07) is 1.62. The first-order chi connectivity index (χ1) is 8.79. The molecule has 4 nitrogen and oxygen atoms in total. The molecule has 2 aromatic heterocycles. The zero-order valence-corrected chi connectivity index (χ0v) is 10.5. The summed E-state index contributed by atoms with van der Waals surface area (Å²) in [5, 5.41) is 0.377. The number of nitrogens with zero attached hydrogens (tertiary/aromatic N) is 2. The van der Waals surface area contributed by atoms with E-state index in [2.05, 4.69) is 14.7 Å². The number of hydrogen-bond acceptors (Lipinski definition) is 5. The summed E-state index contributed by atoms with van der Waals surface area (Å²) in [6.07, 6.45) is -3.80. The van der Waals surface area contributed by atoms with Gasteiger partial charge in [-0.2, -0.15) is 13.8 Å². The van der Waals surface area contributed by atoms with E-state index in [0.29, 0.717) is 10.2 Å². The summed E-state index contributed by atoms with van der Waals surface area (Å²) < 4.78 is 54.3. The van der Waals surface area contributed by atoms with Crippen molar-refractivity contribution < 1.29 is 22.3 Å². The van der Waals surface area contributed by atoms with E-state index in [1.807, 2.05) is 0 Å². The molecular weight excluding hydrogens is 286 g/mol. The summed E-state index contributed by atoms with van der Waals surface area (Å²) in [5.74, 6) is -4.62. The van der Waals surface area contributed by atoms with E-state index in [-0.39, 0.29) is 11.8 Å². The van der Waals surface area contributed by atoms with Gasteiger partial charge in [0.15, 0.2) is 6.61 Å². The second-order valence-corrected chi connectivity index (χ2v) is 5.05. The molecule has 0 unspecified atom stereocenters. The number of rotatable bonds is 4. The van der Waals surface area contributed by atoms with Crippen LogP contribution in [0.4, 0.5) is 23.5 Å². The van der Waals surface area contributed by atoms with Crippen LogP contribution in [0.25, 0.3) is 10.2 Å². The van der Waals surface area contributed by atoms with Gasteiger partial charge in [0.25, 0.3) is 0 Å². The van der Waals surface area contributed by atoms with Gasteiger partial charge in [0.2, 0.25) is 11.8 Å². The van der Waals surface area contributed by atoms with Gasteiger partial charge in [0, 0.05) is 4.88 Å². The smallest absolute Gasteiger partial charge is 0.340 e. The molecule has 0 aromatic carbocycles. The molecule has 0 bridgehead atoms. The molecule has 0 fully saturated rings. The van der Waals surface area contributed by atoms with E-state index in [4.69, 9.17) is 5.73 Å². The van der Waals surface area contributed by atoms with E-state index in [0.717, 1.165) is 4.88 Å². The molecule has 0 aliphatic carbocycles. The molecule has 0 aliphatic heterocycles. The predicted octanol–water partition coefficient (Wildman–Crippen LogP) is 2.86. The third kappa shape index (κ3) is 2.86. The molecule has 2 heterocycles. The number of halogens is 4. The first-order valence-corrected chi connectivity index (χ1v) is 5.93. The van der Waals surface area contributed by atoms with Gasteiger partial charge >= 0.3 is 12.3 Å². The average molecular weight is 295 g/mol. The summed E-state index contributed by atoms with van der Waals surface area (Å²) >= 11 is 1.27. The normalized spacial score (nSPS) is 12.3. The highest BCUT2D eigenvalue weighted by Crippen LogP contribution is 2.32. The number of aromatic nitrogens is 2. The fourth-order valence-electron chi connectivity index (χ4n) is 1.37. The molecule has 0 radical (unpaired) electrons. The highest BCUT2D eigenvalue weighted by molar-refractivity contribution is 7.18. The Bertz CT molecular complexity index is 602. The van der Waals surface area contributed by atoms with Crippen molar-refractivity contribution in [1.82, 2.24) is 9.97 Å². The monoisotopic (exact) mass is 295 g/mol. The highest BCUT2D eigenvalue weighted by Gasteiger charge is 2.42. The number of aryl methyl sites for hydroxylation is 1. The fourth-order valence-corrected chi connectivity index (χ4v) is 2.25. The SMILES string of the molecule is Cc1cc2c(OCC(F)(F)C(F)F)nc(N)nc2s1. The van der Waals surface area contributed by atoms with Gasteiger partial charge in [-0.3, -0.25) is 0 Å². The summed E-state index contributed by atoms with van der Waals surface area (Å²) in [6.45, 7) is 0.311. The number of alkyl halides is 4. The molecule has 0 spiro atoms. The Balaban J connectivity index is 2.30. The molecule has 0 saturated carbocycles. The third-order valence-corrected chi connectivity index (χ3v) is 3.16. The van der Waals surface area contributed by atoms with Crippen LogP contribution in [-0.2, 0) is 0 Å². The zero-order valence-electron chi connectivity index (χ0n) is 9.66. The predicted molar refractivity (Wildman–Crippen MR) is 63.0 cm³/mol. The minimum Gasteiger partial charge on any atom is -0.470 e. The molecule has 0 saturated heterocycles. The van der Waals surface area contributed by atoms with Gasteiger partial charge in [-0.1, -0.05) is 0 Å². The van der Waals surface area contributed by atoms with Crippen molar-refractivity contribution >= 4 is 27.5 Å². The second kappa shape index (κ2) is 4.80. The van der Waals surface area contributed by atoms with Gasteiger partial charge in [0.05, 0.1) is 5.39 Å². The molecule has 2 aromatic rings. The topological polar surface area (TPSA) is 61.0 Å². The summed E-state index contributed by atoms with van der Waals surface area (Å²) in [7, 11) is 0. The number of nitrogen functional groups attached to an aromatic ring is 1. The Labute approximate surface area is 109 Å². The van der Waals surface area contributed by atoms with E-state index < -0.39 is 19.0 Å². The Kier molecular flexibility index (Phi) is 3.48. The number of thiophene rings is 1. The second-order valence-electron chi connectivity index (χ2n) is 3.81. The van der Waals surface area contributed by atoms with E-state index in [1.165, 1.54) is 11.3 Å². The first kappa shape index (κ1) is 13.8. The Morgan fingerprint density at radius 3 is 2.74 bits per heavy atom. The number of ether oxygens (including phenoxy) is 1. The Hall–Kier alpha value is -1.64. The maximum Gasteiger partial charge on any atom is 0.340 e. The number of anilines is 1. The minimum absolute atomic E-state index is 0.162. The standard InChI is InChI=1S/C10H9F4N3OS/c1-4-2-5-6(16-9(15)17-7(5)19-4)18-3-10(13,14)8(11)12/h2,8H,3H2,1H3,(H2,15,16,17). The van der Waals surface area contributed by atoms with Crippen LogP contribution >= 0.6 is 11.3 Å². The van der Waals surface area contributed by atoms with Crippen molar-refractivity contribution in [3.63, 3.8) is 0 Å².